The zero-order valence-electron chi connectivity index (χ0n) is 22.3. The van der Waals surface area contributed by atoms with Crippen LogP contribution in [0.5, 0.6) is 0 Å². The van der Waals surface area contributed by atoms with Gasteiger partial charge in [-0.15, -0.1) is 0 Å². The maximum atomic E-state index is 13.5. The molecule has 11 heteroatoms. The number of carboxylic acids is 1. The van der Waals surface area contributed by atoms with Gasteiger partial charge in [-0.05, 0) is 68.7 Å². The highest BCUT2D eigenvalue weighted by atomic mass is 32.2. The highest BCUT2D eigenvalue weighted by molar-refractivity contribution is 7.91. The number of benzene rings is 2. The van der Waals surface area contributed by atoms with E-state index in [1.54, 1.807) is 48.7 Å². The number of carbonyl (C=O) groups is 1. The molecule has 212 valence electrons. The molecule has 9 nitrogen and oxygen atoms in total. The summed E-state index contributed by atoms with van der Waals surface area (Å²) in [4.78, 5) is 11.9. The van der Waals surface area contributed by atoms with Crippen molar-refractivity contribution < 1.29 is 31.5 Å². The van der Waals surface area contributed by atoms with E-state index in [4.69, 9.17) is 4.74 Å². The molecule has 2 aromatic carbocycles. The molecule has 1 aliphatic heterocycles. The number of carboxylic acid groups (broad SMARTS) is 1. The zero-order valence-corrected chi connectivity index (χ0v) is 23.9. The lowest BCUT2D eigenvalue weighted by Crippen LogP contribution is -2.36. The largest absolute Gasteiger partial charge is 0.491 e. The molecule has 1 saturated heterocycles. The lowest BCUT2D eigenvalue weighted by atomic mass is 9.98. The summed E-state index contributed by atoms with van der Waals surface area (Å²) in [5.74, 6) is -0.555. The summed E-state index contributed by atoms with van der Waals surface area (Å²) in [6, 6.07) is 12.8. The standard InChI is InChI=1S/C29H32N2O7S2/c1-20(2)38-22-8-10-24(11-9-22)40(36,37)31-15-14-21(17-31)27-18-30(19-29(32)33)28-16-25(12-13-26(27)28)39(34,35)23-6-4-3-5-7-23/h3-10,12-13,16,18,20-21,24H,11,14-15,17,19H2,1-2H3,(H,32,33). The Balaban J connectivity index is 1.43. The van der Waals surface area contributed by atoms with Crippen molar-refractivity contribution in [2.75, 3.05) is 13.1 Å². The van der Waals surface area contributed by atoms with Gasteiger partial charge in [0.05, 0.1) is 26.7 Å². The van der Waals surface area contributed by atoms with Crippen molar-refractivity contribution in [1.82, 2.24) is 8.87 Å². The molecule has 0 spiro atoms. The van der Waals surface area contributed by atoms with E-state index in [9.17, 15) is 26.7 Å². The molecular weight excluding hydrogens is 552 g/mol. The van der Waals surface area contributed by atoms with Gasteiger partial charge in [0.2, 0.25) is 19.9 Å². The number of rotatable bonds is 9. The first-order chi connectivity index (χ1) is 19.0. The van der Waals surface area contributed by atoms with E-state index in [1.807, 2.05) is 13.8 Å². The Hall–Kier alpha value is -3.41. The van der Waals surface area contributed by atoms with Crippen LogP contribution < -0.4 is 0 Å². The van der Waals surface area contributed by atoms with Gasteiger partial charge in [0.1, 0.15) is 12.3 Å². The molecular formula is C29H32N2O7S2. The van der Waals surface area contributed by atoms with E-state index in [-0.39, 0.29) is 34.9 Å². The monoisotopic (exact) mass is 584 g/mol. The van der Waals surface area contributed by atoms with Crippen LogP contribution in [-0.2, 0) is 35.9 Å². The van der Waals surface area contributed by atoms with Crippen LogP contribution in [0.25, 0.3) is 10.9 Å². The maximum absolute atomic E-state index is 13.5. The van der Waals surface area contributed by atoms with Crippen LogP contribution >= 0.6 is 0 Å². The van der Waals surface area contributed by atoms with Crippen molar-refractivity contribution in [3.05, 3.63) is 84.3 Å². The van der Waals surface area contributed by atoms with Crippen LogP contribution in [0, 0.1) is 0 Å². The molecule has 1 aromatic heterocycles. The minimum Gasteiger partial charge on any atom is -0.491 e. The summed E-state index contributed by atoms with van der Waals surface area (Å²) >= 11 is 0. The van der Waals surface area contributed by atoms with Gasteiger partial charge in [0, 0.05) is 30.6 Å². The molecule has 0 radical (unpaired) electrons. The number of allylic oxidation sites excluding steroid dienone is 2. The Kier molecular flexibility index (Phi) is 7.64. The fourth-order valence-corrected chi connectivity index (χ4v) is 8.42. The summed E-state index contributed by atoms with van der Waals surface area (Å²) < 4.78 is 62.1. The number of hydrogen-bond donors (Lipinski definition) is 1. The molecule has 0 bridgehead atoms. The third-order valence-electron chi connectivity index (χ3n) is 7.29. The van der Waals surface area contributed by atoms with Gasteiger partial charge >= 0.3 is 5.97 Å². The lowest BCUT2D eigenvalue weighted by molar-refractivity contribution is -0.137. The third-order valence-corrected chi connectivity index (χ3v) is 11.2. The molecule has 2 unspecified atom stereocenters. The number of sulfonamides is 1. The molecule has 40 heavy (non-hydrogen) atoms. The molecule has 2 atom stereocenters. The van der Waals surface area contributed by atoms with Gasteiger partial charge in [0.25, 0.3) is 0 Å². The Bertz CT molecular complexity index is 1710. The predicted octanol–water partition coefficient (Wildman–Crippen LogP) is 4.32. The van der Waals surface area contributed by atoms with Crippen LogP contribution in [0.2, 0.25) is 0 Å². The van der Waals surface area contributed by atoms with E-state index in [0.717, 1.165) is 5.56 Å². The Morgan fingerprint density at radius 2 is 1.82 bits per heavy atom. The van der Waals surface area contributed by atoms with E-state index >= 15 is 0 Å². The summed E-state index contributed by atoms with van der Waals surface area (Å²) in [7, 11) is -7.42. The molecule has 2 heterocycles. The summed E-state index contributed by atoms with van der Waals surface area (Å²) in [6.07, 6.45) is 7.81. The van der Waals surface area contributed by atoms with Gasteiger partial charge in [-0.25, -0.2) is 21.1 Å². The average molecular weight is 585 g/mol. The molecule has 3 aromatic rings. The Morgan fingerprint density at radius 3 is 2.48 bits per heavy atom. The van der Waals surface area contributed by atoms with Crippen molar-refractivity contribution in [1.29, 1.82) is 0 Å². The van der Waals surface area contributed by atoms with E-state index in [0.29, 0.717) is 36.0 Å². The Labute approximate surface area is 234 Å². The van der Waals surface area contributed by atoms with Crippen LogP contribution in [0.15, 0.2) is 88.5 Å². The molecule has 0 amide bonds. The predicted molar refractivity (Wildman–Crippen MR) is 151 cm³/mol. The van der Waals surface area contributed by atoms with Crippen LogP contribution in [0.3, 0.4) is 0 Å². The minimum absolute atomic E-state index is 0.00109. The SMILES string of the molecule is CC(C)OC1=CCC(S(=O)(=O)N2CCC(c3cn(CC(=O)O)c4cc(S(=O)(=O)c5ccccc5)ccc34)C2)C=C1. The van der Waals surface area contributed by atoms with Crippen LogP contribution in [0.1, 0.15) is 38.2 Å². The number of aliphatic carboxylic acids is 1. The number of ether oxygens (including phenoxy) is 1. The van der Waals surface area contributed by atoms with E-state index in [2.05, 4.69) is 0 Å². The van der Waals surface area contributed by atoms with Gasteiger partial charge in [-0.3, -0.25) is 4.79 Å². The van der Waals surface area contributed by atoms with E-state index < -0.39 is 31.1 Å². The van der Waals surface area contributed by atoms with Crippen molar-refractivity contribution >= 4 is 36.7 Å². The maximum Gasteiger partial charge on any atom is 0.323 e. The third kappa shape index (κ3) is 5.45. The quantitative estimate of drug-likeness (QED) is 0.398. The summed E-state index contributed by atoms with van der Waals surface area (Å²) in [6.45, 7) is 4.10. The fourth-order valence-electron chi connectivity index (χ4n) is 5.37. The molecule has 0 saturated carbocycles. The van der Waals surface area contributed by atoms with Gasteiger partial charge in [-0.1, -0.05) is 30.3 Å². The molecule has 1 aliphatic carbocycles. The van der Waals surface area contributed by atoms with Gasteiger partial charge in [0.15, 0.2) is 0 Å². The number of fused-ring (bicyclic) bond motifs is 1. The van der Waals surface area contributed by atoms with Crippen LogP contribution in [0.4, 0.5) is 0 Å². The second-order valence-corrected chi connectivity index (χ2v) is 14.5. The van der Waals surface area contributed by atoms with Crippen molar-refractivity contribution in [2.45, 2.75) is 60.3 Å². The normalized spacial score (nSPS) is 20.2. The minimum atomic E-state index is -3.81. The molecule has 1 N–H and O–H groups in total. The second-order valence-electron chi connectivity index (χ2n) is 10.4. The number of sulfone groups is 1. The molecule has 2 aliphatic rings. The summed E-state index contributed by atoms with van der Waals surface area (Å²) in [5.41, 5.74) is 1.29. The first-order valence-electron chi connectivity index (χ1n) is 13.2. The van der Waals surface area contributed by atoms with E-state index in [1.165, 1.54) is 33.1 Å². The van der Waals surface area contributed by atoms with Gasteiger partial charge < -0.3 is 14.4 Å². The average Bonchev–Trinajstić information content (AvgIpc) is 3.54. The second kappa shape index (κ2) is 10.9. The molecule has 5 rings (SSSR count). The topological polar surface area (TPSA) is 123 Å². The highest BCUT2D eigenvalue weighted by Gasteiger charge is 2.38. The van der Waals surface area contributed by atoms with Crippen molar-refractivity contribution in [3.8, 4) is 0 Å². The molecule has 1 fully saturated rings. The van der Waals surface area contributed by atoms with Gasteiger partial charge in [-0.2, -0.15) is 0 Å². The number of hydrogen-bond acceptors (Lipinski definition) is 6. The highest BCUT2D eigenvalue weighted by Crippen LogP contribution is 2.37. The fraction of sp³-hybridized carbons (Fsp3) is 0.345. The van der Waals surface area contributed by atoms with Crippen molar-refractivity contribution in [3.63, 3.8) is 0 Å². The first-order valence-corrected chi connectivity index (χ1v) is 16.1. The summed E-state index contributed by atoms with van der Waals surface area (Å²) in [5, 5.41) is 9.56. The number of aromatic nitrogens is 1. The number of nitrogens with zero attached hydrogens (tertiary/aromatic N) is 2. The lowest BCUT2D eigenvalue weighted by Gasteiger charge is -2.24. The first kappa shape index (κ1) is 28.1. The van der Waals surface area contributed by atoms with Crippen molar-refractivity contribution in [2.24, 2.45) is 0 Å². The van der Waals surface area contributed by atoms with Crippen LogP contribution in [-0.4, -0.2) is 61.2 Å². The zero-order chi connectivity index (χ0) is 28.7. The Morgan fingerprint density at radius 1 is 1.07 bits per heavy atom. The smallest absolute Gasteiger partial charge is 0.323 e.